The molecule has 8 aliphatic heterocycles. The van der Waals surface area contributed by atoms with Gasteiger partial charge in [0.15, 0.2) is 50.3 Å². The van der Waals surface area contributed by atoms with Gasteiger partial charge in [0.05, 0.1) is 51.8 Å². The monoisotopic (exact) mass is 1360 g/mol. The van der Waals surface area contributed by atoms with Crippen molar-refractivity contribution in [2.75, 3.05) is 39.6 Å². The molecule has 8 rings (SSSR count). The Hall–Kier alpha value is -2.54. The summed E-state index contributed by atoms with van der Waals surface area (Å²) in [6.07, 6.45) is -75.3. The molecule has 8 fully saturated rings. The molecule has 540 valence electrons. The summed E-state index contributed by atoms with van der Waals surface area (Å²) in [4.78, 5) is 26.6. The number of aliphatic hydroxyl groups is 22. The van der Waals surface area contributed by atoms with Crippen LogP contribution in [0, 0.1) is 0 Å². The van der Waals surface area contributed by atoms with E-state index in [-0.39, 0.29) is 0 Å². The quantitative estimate of drug-likeness (QED) is 0.0479. The molecule has 2 amide bonds. The zero-order valence-electron chi connectivity index (χ0n) is 50.1. The van der Waals surface area contributed by atoms with Gasteiger partial charge in [-0.3, -0.25) is 9.59 Å². The van der Waals surface area contributed by atoms with Crippen molar-refractivity contribution in [2.45, 2.75) is 273 Å². The van der Waals surface area contributed by atoms with Crippen LogP contribution in [0.3, 0.4) is 0 Å². The Kier molecular flexibility index (Phi) is 26.7. The van der Waals surface area contributed by atoms with Crippen LogP contribution in [0.2, 0.25) is 0 Å². The van der Waals surface area contributed by atoms with Crippen LogP contribution in [0.4, 0.5) is 0 Å². The molecule has 41 heteroatoms. The van der Waals surface area contributed by atoms with E-state index in [9.17, 15) is 122 Å². The summed E-state index contributed by atoms with van der Waals surface area (Å²) in [6, 6.07) is -3.90. The number of aliphatic hydroxyl groups excluding tert-OH is 22. The molecule has 0 aromatic rings. The van der Waals surface area contributed by atoms with Crippen LogP contribution in [-0.4, -0.2) is 409 Å². The van der Waals surface area contributed by atoms with Crippen LogP contribution in [0.5, 0.6) is 0 Å². The van der Waals surface area contributed by atoms with Gasteiger partial charge in [-0.25, -0.2) is 0 Å². The Labute approximate surface area is 527 Å². The van der Waals surface area contributed by atoms with Crippen molar-refractivity contribution < 1.29 is 193 Å². The van der Waals surface area contributed by atoms with Gasteiger partial charge in [-0.05, 0) is 13.8 Å². The minimum absolute atomic E-state index is 0.947. The lowest BCUT2D eigenvalue weighted by Crippen LogP contribution is -2.72. The highest BCUT2D eigenvalue weighted by Gasteiger charge is 2.61. The second-order valence-electron chi connectivity index (χ2n) is 23.8. The van der Waals surface area contributed by atoms with E-state index in [0.29, 0.717) is 0 Å². The lowest BCUT2D eigenvalue weighted by atomic mass is 9.93. The van der Waals surface area contributed by atoms with E-state index in [0.717, 1.165) is 13.8 Å². The Morgan fingerprint density at radius 3 is 0.914 bits per heavy atom. The van der Waals surface area contributed by atoms with E-state index in [1.54, 1.807) is 0 Å². The highest BCUT2D eigenvalue weighted by atomic mass is 16.8. The zero-order chi connectivity index (χ0) is 68.5. The van der Waals surface area contributed by atoms with Crippen molar-refractivity contribution in [1.29, 1.82) is 0 Å². The largest absolute Gasteiger partial charge is 0.394 e. The normalized spacial score (nSPS) is 51.6. The topological polar surface area (TPSA) is 642 Å². The van der Waals surface area contributed by atoms with Crippen molar-refractivity contribution in [3.05, 3.63) is 0 Å². The zero-order valence-corrected chi connectivity index (χ0v) is 50.1. The minimum atomic E-state index is -2.43. The number of hydrogen-bond donors (Lipinski definition) is 24. The summed E-state index contributed by atoms with van der Waals surface area (Å²) >= 11 is 0. The van der Waals surface area contributed by atoms with Gasteiger partial charge < -0.3 is 194 Å². The minimum Gasteiger partial charge on any atom is -0.394 e. The number of ether oxygens (including phenoxy) is 15. The molecule has 0 aromatic carbocycles. The second kappa shape index (κ2) is 32.6. The molecule has 0 aromatic heterocycles. The van der Waals surface area contributed by atoms with E-state index in [4.69, 9.17) is 71.1 Å². The van der Waals surface area contributed by atoms with E-state index < -0.39 is 297 Å². The number of carbonyl (C=O) groups is 2. The van der Waals surface area contributed by atoms with E-state index in [1.807, 2.05) is 0 Å². The van der Waals surface area contributed by atoms with E-state index in [1.165, 1.54) is 13.8 Å². The maximum Gasteiger partial charge on any atom is 0.217 e. The molecule has 40 unspecified atom stereocenters. The average Bonchev–Trinajstić information content (AvgIpc) is 0.771. The van der Waals surface area contributed by atoms with Crippen LogP contribution in [0.15, 0.2) is 0 Å². The van der Waals surface area contributed by atoms with Crippen LogP contribution in [0.25, 0.3) is 0 Å². The molecule has 0 spiro atoms. The molecule has 40 atom stereocenters. The molecule has 0 radical (unpaired) electrons. The average molecular weight is 1370 g/mol. The molecular weight excluding hydrogens is 1280 g/mol. The molecule has 0 saturated carbocycles. The molecule has 93 heavy (non-hydrogen) atoms. The smallest absolute Gasteiger partial charge is 0.217 e. The summed E-state index contributed by atoms with van der Waals surface area (Å²) in [6.45, 7) is -2.06. The number of hydrogen-bond acceptors (Lipinski definition) is 39. The molecule has 8 saturated heterocycles. The van der Waals surface area contributed by atoms with E-state index in [2.05, 4.69) is 10.6 Å². The molecule has 24 N–H and O–H groups in total. The summed E-state index contributed by atoms with van der Waals surface area (Å²) in [7, 11) is 0. The summed E-state index contributed by atoms with van der Waals surface area (Å²) in [5.41, 5.74) is 0. The second-order valence-corrected chi connectivity index (χ2v) is 23.8. The van der Waals surface area contributed by atoms with Gasteiger partial charge in [0.1, 0.15) is 183 Å². The highest BCUT2D eigenvalue weighted by Crippen LogP contribution is 2.40. The molecule has 8 aliphatic rings. The van der Waals surface area contributed by atoms with Gasteiger partial charge in [0.2, 0.25) is 11.8 Å². The Morgan fingerprint density at radius 1 is 0.280 bits per heavy atom. The molecular formula is C52H88N2O39. The maximum atomic E-state index is 13.3. The van der Waals surface area contributed by atoms with Crippen molar-refractivity contribution in [2.24, 2.45) is 0 Å². The fourth-order valence-corrected chi connectivity index (χ4v) is 12.2. The number of rotatable bonds is 22. The molecule has 0 aliphatic carbocycles. The molecule has 8 heterocycles. The summed E-state index contributed by atoms with van der Waals surface area (Å²) in [5.74, 6) is -1.91. The van der Waals surface area contributed by atoms with Crippen molar-refractivity contribution in [3.8, 4) is 0 Å². The van der Waals surface area contributed by atoms with Gasteiger partial charge in [0.25, 0.3) is 0 Å². The van der Waals surface area contributed by atoms with E-state index >= 15 is 0 Å². The first kappa shape index (κ1) is 76.2. The van der Waals surface area contributed by atoms with Gasteiger partial charge in [-0.2, -0.15) is 0 Å². The lowest BCUT2D eigenvalue weighted by Gasteiger charge is -2.52. The molecule has 0 bridgehead atoms. The number of nitrogens with one attached hydrogen (secondary N) is 2. The summed E-state index contributed by atoms with van der Waals surface area (Å²) < 4.78 is 88.9. The number of amides is 2. The van der Waals surface area contributed by atoms with Crippen LogP contribution >= 0.6 is 0 Å². The van der Waals surface area contributed by atoms with Gasteiger partial charge in [-0.1, -0.05) is 0 Å². The van der Waals surface area contributed by atoms with Gasteiger partial charge >= 0.3 is 0 Å². The highest BCUT2D eigenvalue weighted by molar-refractivity contribution is 5.73. The third-order valence-electron chi connectivity index (χ3n) is 17.4. The Morgan fingerprint density at radius 2 is 0.559 bits per heavy atom. The standard InChI is InChI=1S/C52H88N2O39/c1-11-23(63)28(68)33(73)48(79-11)88-39-19(9-59)85-47(22(54-14(4)62)42(39)91-50-35(75)30(70)25(65)15(5-55)82-50)93-44-27(67)17(7-57)84-52(37(44)77)89-40-20(10-60)86-46(21(53-13(3)61)41(40)90-49-34(74)29(69)24(64)12(2)80-49)92-43-26(66)16(6-56)83-51(36(43)76)87-38-18(8-58)81-45(78)32(72)31(38)71/h11-12,15-52,55-60,63-78H,5-10H2,1-4H3,(H,53,61)(H,54,62). The van der Waals surface area contributed by atoms with Gasteiger partial charge in [0, 0.05) is 13.8 Å². The van der Waals surface area contributed by atoms with Crippen LogP contribution in [-0.2, 0) is 80.6 Å². The van der Waals surface area contributed by atoms with Crippen molar-refractivity contribution >= 4 is 11.8 Å². The summed E-state index contributed by atoms with van der Waals surface area (Å²) in [5, 5.41) is 245. The maximum absolute atomic E-state index is 13.3. The van der Waals surface area contributed by atoms with Crippen molar-refractivity contribution in [3.63, 3.8) is 0 Å². The van der Waals surface area contributed by atoms with Crippen LogP contribution in [0.1, 0.15) is 27.7 Å². The Bertz CT molecular complexity index is 2350. The lowest BCUT2D eigenvalue weighted by molar-refractivity contribution is -0.400. The third-order valence-corrected chi connectivity index (χ3v) is 17.4. The first-order valence-electron chi connectivity index (χ1n) is 29.9. The fourth-order valence-electron chi connectivity index (χ4n) is 12.2. The van der Waals surface area contributed by atoms with Crippen molar-refractivity contribution in [1.82, 2.24) is 10.6 Å². The van der Waals surface area contributed by atoms with Crippen LogP contribution < -0.4 is 10.6 Å². The SMILES string of the molecule is CC(=O)NC1C(OC2C(O)C(CO)OC(OC3C(CO)OC(O)C(O)C3O)C2O)OC(CO)C(OC2OC(CO)C(O)C(OC3OC(CO)C(OC4OC(C)C(O)C(O)C4O)C(OC4OC(CO)C(O)C(O)C4O)C3NC(C)=O)C2O)C1OC1OC(C)C(O)C(O)C1O. The molecule has 41 nitrogen and oxygen atoms in total. The van der Waals surface area contributed by atoms with Gasteiger partial charge in [-0.15, -0.1) is 0 Å². The predicted octanol–water partition coefficient (Wildman–Crippen LogP) is -16.1. The Balaban J connectivity index is 1.14. The number of carbonyl (C=O) groups excluding carboxylic acids is 2. The first-order chi connectivity index (χ1) is 43.9. The third kappa shape index (κ3) is 16.2. The first-order valence-corrected chi connectivity index (χ1v) is 29.9. The predicted molar refractivity (Wildman–Crippen MR) is 285 cm³/mol. The fraction of sp³-hybridized carbons (Fsp3) is 0.962.